The maximum Gasteiger partial charge on any atom is 0.138 e. The first kappa shape index (κ1) is 5.48. The molecule has 1 aromatic rings. The quantitative estimate of drug-likeness (QED) is 0.264. The first-order valence-corrected chi connectivity index (χ1v) is 2.27. The fourth-order valence-corrected chi connectivity index (χ4v) is 0.496. The van der Waals surface area contributed by atoms with Gasteiger partial charge in [0.15, 0.2) is 0 Å². The minimum absolute atomic E-state index is 0.374. The lowest BCUT2D eigenvalue weighted by molar-refractivity contribution is 0.545. The van der Waals surface area contributed by atoms with Gasteiger partial charge in [0.25, 0.3) is 0 Å². The van der Waals surface area contributed by atoms with E-state index in [1.165, 1.54) is 6.20 Å². The van der Waals surface area contributed by atoms with Crippen molar-refractivity contribution < 1.29 is 0 Å². The molecule has 0 amide bonds. The predicted octanol–water partition coefficient (Wildman–Crippen LogP) is -1.92. The van der Waals surface area contributed by atoms with Gasteiger partial charge in [-0.15, -0.1) is 4.91 Å². The van der Waals surface area contributed by atoms with Crippen LogP contribution in [-0.2, 0) is 0 Å². The largest absolute Gasteiger partial charge is 0.383 e. The average Bonchev–Trinajstić information content (AvgIpc) is 1.59. The summed E-state index contributed by atoms with van der Waals surface area (Å²) in [5.74, 6) is 10.8. The minimum Gasteiger partial charge on any atom is -0.383 e. The van der Waals surface area contributed by atoms with E-state index in [4.69, 9.17) is 17.4 Å². The molecule has 0 aromatic carbocycles. The molecule has 7 heteroatoms. The lowest BCUT2D eigenvalue weighted by Crippen LogP contribution is -2.27. The third kappa shape index (κ3) is 1.12. The lowest BCUT2D eigenvalue weighted by Gasteiger charge is -2.05. The van der Waals surface area contributed by atoms with Gasteiger partial charge in [-0.3, -0.25) is 0 Å². The Morgan fingerprint density at radius 2 is 2.11 bits per heavy atom. The third-order valence-corrected chi connectivity index (χ3v) is 0.751. The maximum atomic E-state index is 5.28. The van der Waals surface area contributed by atoms with E-state index in [0.717, 1.165) is 9.70 Å². The highest BCUT2D eigenvalue weighted by Crippen LogP contribution is 1.83. The van der Waals surface area contributed by atoms with E-state index in [2.05, 4.69) is 10.3 Å². The van der Waals surface area contributed by atoms with Crippen molar-refractivity contribution in [3.05, 3.63) is 6.20 Å². The zero-order valence-electron chi connectivity index (χ0n) is 4.70. The van der Waals surface area contributed by atoms with Crippen LogP contribution < -0.4 is 17.4 Å². The molecule has 1 rings (SSSR count). The number of H-pyrrole nitrogens is 2. The fraction of sp³-hybridized carbons (Fsp3) is 0. The van der Waals surface area contributed by atoms with E-state index in [1.54, 1.807) is 0 Å². The van der Waals surface area contributed by atoms with Gasteiger partial charge in [0.1, 0.15) is 5.82 Å². The zero-order valence-corrected chi connectivity index (χ0v) is 4.70. The number of hydrogen-bond donors (Lipinski definition) is 5. The van der Waals surface area contributed by atoms with Crippen LogP contribution in [0, 0.1) is 0 Å². The van der Waals surface area contributed by atoms with Crippen molar-refractivity contribution in [3.63, 3.8) is 0 Å². The van der Waals surface area contributed by atoms with Crippen molar-refractivity contribution in [3.8, 4) is 0 Å². The van der Waals surface area contributed by atoms with Crippen LogP contribution in [0.3, 0.4) is 0 Å². The second kappa shape index (κ2) is 1.69. The van der Waals surface area contributed by atoms with E-state index in [-0.39, 0.29) is 0 Å². The number of anilines is 1. The van der Waals surface area contributed by atoms with E-state index < -0.39 is 0 Å². The molecule has 0 saturated carbocycles. The molecule has 0 aliphatic rings. The SMILES string of the molecule is Nc1cn(N)[nH]n(N)[nH]1. The summed E-state index contributed by atoms with van der Waals surface area (Å²) >= 11 is 0. The molecule has 0 fully saturated rings. The van der Waals surface area contributed by atoms with Crippen LogP contribution in [0.1, 0.15) is 0 Å². The van der Waals surface area contributed by atoms with Gasteiger partial charge in [-0.05, 0) is 0 Å². The molecule has 0 atom stereocenters. The summed E-state index contributed by atoms with van der Waals surface area (Å²) in [6.07, 6.45) is 1.45. The van der Waals surface area contributed by atoms with Gasteiger partial charge in [0.05, 0.1) is 6.20 Å². The van der Waals surface area contributed by atoms with Gasteiger partial charge in [-0.25, -0.2) is 5.10 Å². The molecule has 0 bridgehead atoms. The van der Waals surface area contributed by atoms with Crippen LogP contribution in [0.15, 0.2) is 6.20 Å². The molecule has 52 valence electrons. The van der Waals surface area contributed by atoms with Crippen molar-refractivity contribution in [1.29, 1.82) is 0 Å². The molecule has 0 unspecified atom stereocenters. The van der Waals surface area contributed by atoms with Crippen LogP contribution in [0.5, 0.6) is 0 Å². The minimum atomic E-state index is 0.374. The van der Waals surface area contributed by atoms with Gasteiger partial charge < -0.3 is 17.4 Å². The summed E-state index contributed by atoms with van der Waals surface area (Å²) in [6.45, 7) is 0. The summed E-state index contributed by atoms with van der Waals surface area (Å²) in [5.41, 5.74) is 5.28. The highest BCUT2D eigenvalue weighted by molar-refractivity contribution is 5.18. The van der Waals surface area contributed by atoms with Gasteiger partial charge in [0, 0.05) is 0 Å². The van der Waals surface area contributed by atoms with Crippen LogP contribution in [0.2, 0.25) is 0 Å². The number of aromatic amines is 2. The average molecular weight is 131 g/mol. The molecule has 1 heterocycles. The highest BCUT2D eigenvalue weighted by atomic mass is 15.7. The van der Waals surface area contributed by atoms with Crippen molar-refractivity contribution in [2.45, 2.75) is 0 Å². The molecular weight excluding hydrogens is 122 g/mol. The van der Waals surface area contributed by atoms with Crippen LogP contribution in [0.4, 0.5) is 5.82 Å². The normalized spacial score (nSPS) is 9.33. The Hall–Kier alpha value is -1.66. The lowest BCUT2D eigenvalue weighted by atomic mass is 10.8. The van der Waals surface area contributed by atoms with Crippen molar-refractivity contribution in [1.82, 2.24) is 20.0 Å². The Labute approximate surface area is 50.6 Å². The number of nitrogens with two attached hydrogens (primary N) is 3. The number of hydrogen-bond acceptors (Lipinski definition) is 3. The highest BCUT2D eigenvalue weighted by Gasteiger charge is 1.82. The maximum absolute atomic E-state index is 5.28. The van der Waals surface area contributed by atoms with E-state index in [0.29, 0.717) is 5.82 Å². The van der Waals surface area contributed by atoms with Crippen LogP contribution in [-0.4, -0.2) is 20.0 Å². The summed E-state index contributed by atoms with van der Waals surface area (Å²) in [4.78, 5) is 2.17. The fourth-order valence-electron chi connectivity index (χ4n) is 0.496. The number of nitrogen functional groups attached to an aromatic ring is 3. The van der Waals surface area contributed by atoms with Gasteiger partial charge >= 0.3 is 0 Å². The van der Waals surface area contributed by atoms with Gasteiger partial charge in [-0.2, -0.15) is 10.0 Å². The number of aromatic nitrogens is 4. The number of rotatable bonds is 0. The van der Waals surface area contributed by atoms with Crippen molar-refractivity contribution in [2.24, 2.45) is 0 Å². The Bertz CT molecular complexity index is 168. The molecule has 7 nitrogen and oxygen atoms in total. The Balaban J connectivity index is 3.17. The molecule has 0 aliphatic carbocycles. The smallest absolute Gasteiger partial charge is 0.138 e. The summed E-state index contributed by atoms with van der Waals surface area (Å²) in [7, 11) is 0. The monoisotopic (exact) mass is 131 g/mol. The molecule has 0 spiro atoms. The molecule has 8 N–H and O–H groups in total. The zero-order chi connectivity index (χ0) is 6.85. The van der Waals surface area contributed by atoms with Crippen LogP contribution >= 0.6 is 0 Å². The molecular formula is C2H9N7. The predicted molar refractivity (Wildman–Crippen MR) is 33.5 cm³/mol. The number of nitrogens with one attached hydrogen (secondary N) is 2. The summed E-state index contributed by atoms with van der Waals surface area (Å²) < 4.78 is 0. The number of nitrogens with zero attached hydrogens (tertiary/aromatic N) is 2. The Morgan fingerprint density at radius 3 is 2.56 bits per heavy atom. The Morgan fingerprint density at radius 1 is 1.44 bits per heavy atom. The first-order chi connectivity index (χ1) is 4.18. The summed E-state index contributed by atoms with van der Waals surface area (Å²) in [6, 6.07) is 0. The topological polar surface area (TPSA) is 120 Å². The molecule has 0 aliphatic heterocycles. The standard InChI is InChI=1S/C2H9N7/c3-2-1-8(4)7-9(5)6-2/h1,6-7H,3-5H2. The Kier molecular flexibility index (Phi) is 1.03. The van der Waals surface area contributed by atoms with Gasteiger partial charge in [0.2, 0.25) is 0 Å². The van der Waals surface area contributed by atoms with E-state index in [9.17, 15) is 0 Å². The summed E-state index contributed by atoms with van der Waals surface area (Å²) in [5, 5.41) is 4.99. The van der Waals surface area contributed by atoms with E-state index in [1.807, 2.05) is 0 Å². The van der Waals surface area contributed by atoms with Crippen molar-refractivity contribution in [2.75, 3.05) is 17.4 Å². The second-order valence-corrected chi connectivity index (χ2v) is 1.57. The molecule has 1 aromatic heterocycles. The van der Waals surface area contributed by atoms with Crippen LogP contribution in [0.25, 0.3) is 0 Å². The van der Waals surface area contributed by atoms with Gasteiger partial charge in [-0.1, -0.05) is 0 Å². The molecule has 0 radical (unpaired) electrons. The van der Waals surface area contributed by atoms with Crippen molar-refractivity contribution >= 4 is 5.82 Å². The third-order valence-electron chi connectivity index (χ3n) is 0.751. The molecule has 9 heavy (non-hydrogen) atoms. The second-order valence-electron chi connectivity index (χ2n) is 1.57. The first-order valence-electron chi connectivity index (χ1n) is 2.27. The molecule has 0 saturated heterocycles. The van der Waals surface area contributed by atoms with E-state index >= 15 is 0 Å².